The molecule has 1 unspecified atom stereocenters. The van der Waals surface area contributed by atoms with Crippen LogP contribution in [0.15, 0.2) is 46.1 Å². The van der Waals surface area contributed by atoms with E-state index >= 15 is 0 Å². The molecule has 2 aromatic rings. The SMILES string of the molecule is CCNC(=NCc1ccon1)NCC(O)c1ccc(C(C)(C)C)cc1.I. The fourth-order valence-electron chi connectivity index (χ4n) is 2.34. The van der Waals surface area contributed by atoms with Crippen molar-refractivity contribution in [2.75, 3.05) is 13.1 Å². The van der Waals surface area contributed by atoms with E-state index in [1.54, 1.807) is 6.07 Å². The maximum atomic E-state index is 10.4. The quantitative estimate of drug-likeness (QED) is 0.341. The fraction of sp³-hybridized carbons (Fsp3) is 0.474. The second kappa shape index (κ2) is 10.5. The largest absolute Gasteiger partial charge is 0.387 e. The number of aliphatic hydroxyl groups excluding tert-OH is 1. The van der Waals surface area contributed by atoms with Crippen LogP contribution in [0.25, 0.3) is 0 Å². The Kier molecular flexibility index (Phi) is 9.07. The van der Waals surface area contributed by atoms with Gasteiger partial charge in [-0.3, -0.25) is 0 Å². The number of nitrogens with zero attached hydrogens (tertiary/aromatic N) is 2. The summed E-state index contributed by atoms with van der Waals surface area (Å²) in [5.74, 6) is 0.635. The van der Waals surface area contributed by atoms with E-state index in [9.17, 15) is 5.11 Å². The van der Waals surface area contributed by atoms with Gasteiger partial charge in [0.2, 0.25) is 0 Å². The van der Waals surface area contributed by atoms with Crippen LogP contribution in [0.1, 0.15) is 50.6 Å². The Morgan fingerprint density at radius 1 is 1.19 bits per heavy atom. The molecule has 1 aromatic heterocycles. The van der Waals surface area contributed by atoms with Crippen LogP contribution in [-0.2, 0) is 12.0 Å². The molecule has 26 heavy (non-hydrogen) atoms. The van der Waals surface area contributed by atoms with Crippen molar-refractivity contribution in [2.45, 2.75) is 45.8 Å². The highest BCUT2D eigenvalue weighted by molar-refractivity contribution is 14.0. The first-order chi connectivity index (χ1) is 11.9. The predicted octanol–water partition coefficient (Wildman–Crippen LogP) is 3.38. The average Bonchev–Trinajstić information content (AvgIpc) is 3.10. The molecule has 1 atom stereocenters. The number of aromatic nitrogens is 1. The summed E-state index contributed by atoms with van der Waals surface area (Å²) in [6.07, 6.45) is 0.917. The van der Waals surface area contributed by atoms with E-state index in [0.717, 1.165) is 17.8 Å². The third kappa shape index (κ3) is 6.95. The number of aliphatic hydroxyl groups is 1. The maximum absolute atomic E-state index is 10.4. The molecule has 144 valence electrons. The molecule has 0 aliphatic carbocycles. The molecule has 0 amide bonds. The molecular weight excluding hydrogens is 443 g/mol. The molecule has 0 spiro atoms. The lowest BCUT2D eigenvalue weighted by Gasteiger charge is -2.20. The van der Waals surface area contributed by atoms with Gasteiger partial charge in [0, 0.05) is 19.2 Å². The topological polar surface area (TPSA) is 82.7 Å². The van der Waals surface area contributed by atoms with E-state index in [2.05, 4.69) is 53.7 Å². The normalized spacial score (nSPS) is 13.0. The smallest absolute Gasteiger partial charge is 0.191 e. The number of halogens is 1. The number of guanidine groups is 1. The van der Waals surface area contributed by atoms with Crippen molar-refractivity contribution >= 4 is 29.9 Å². The monoisotopic (exact) mass is 472 g/mol. The molecular formula is C19H29IN4O2. The Morgan fingerprint density at radius 3 is 2.42 bits per heavy atom. The van der Waals surface area contributed by atoms with Crippen molar-refractivity contribution in [3.05, 3.63) is 53.4 Å². The third-order valence-electron chi connectivity index (χ3n) is 3.86. The van der Waals surface area contributed by atoms with E-state index in [0.29, 0.717) is 19.0 Å². The molecule has 0 aliphatic heterocycles. The summed E-state index contributed by atoms with van der Waals surface area (Å²) in [4.78, 5) is 4.43. The Bertz CT molecular complexity index is 664. The van der Waals surface area contributed by atoms with Crippen LogP contribution in [0.2, 0.25) is 0 Å². The van der Waals surface area contributed by atoms with Crippen LogP contribution < -0.4 is 10.6 Å². The van der Waals surface area contributed by atoms with E-state index in [4.69, 9.17) is 4.52 Å². The van der Waals surface area contributed by atoms with Crippen molar-refractivity contribution in [1.82, 2.24) is 15.8 Å². The minimum absolute atomic E-state index is 0. The fourth-order valence-corrected chi connectivity index (χ4v) is 2.34. The number of benzene rings is 1. The van der Waals surface area contributed by atoms with Crippen molar-refractivity contribution in [3.8, 4) is 0 Å². The van der Waals surface area contributed by atoms with Crippen LogP contribution >= 0.6 is 24.0 Å². The van der Waals surface area contributed by atoms with E-state index < -0.39 is 6.10 Å². The van der Waals surface area contributed by atoms with Gasteiger partial charge in [-0.25, -0.2) is 4.99 Å². The number of rotatable bonds is 6. The maximum Gasteiger partial charge on any atom is 0.191 e. The highest BCUT2D eigenvalue weighted by atomic mass is 127. The Labute approximate surface area is 172 Å². The highest BCUT2D eigenvalue weighted by Crippen LogP contribution is 2.23. The molecule has 1 heterocycles. The second-order valence-electron chi connectivity index (χ2n) is 6.95. The summed E-state index contributed by atoms with van der Waals surface area (Å²) in [7, 11) is 0. The van der Waals surface area contributed by atoms with Crippen molar-refractivity contribution in [1.29, 1.82) is 0 Å². The molecule has 1 aromatic carbocycles. The molecule has 0 aliphatic rings. The van der Waals surface area contributed by atoms with Gasteiger partial charge < -0.3 is 20.3 Å². The first-order valence-electron chi connectivity index (χ1n) is 8.60. The summed E-state index contributed by atoms with van der Waals surface area (Å²) in [5.41, 5.74) is 3.00. The molecule has 0 bridgehead atoms. The minimum atomic E-state index is -0.607. The highest BCUT2D eigenvalue weighted by Gasteiger charge is 2.14. The lowest BCUT2D eigenvalue weighted by molar-refractivity contribution is 0.181. The van der Waals surface area contributed by atoms with Crippen molar-refractivity contribution in [3.63, 3.8) is 0 Å². The van der Waals surface area contributed by atoms with Crippen LogP contribution in [0.4, 0.5) is 0 Å². The van der Waals surface area contributed by atoms with Crippen LogP contribution in [0.3, 0.4) is 0 Å². The zero-order valence-electron chi connectivity index (χ0n) is 15.8. The summed E-state index contributed by atoms with van der Waals surface area (Å²) in [5, 5.41) is 20.5. The number of nitrogens with one attached hydrogen (secondary N) is 2. The first kappa shape index (κ1) is 22.4. The van der Waals surface area contributed by atoms with Gasteiger partial charge >= 0.3 is 0 Å². The molecule has 3 N–H and O–H groups in total. The Balaban J connectivity index is 0.00000338. The molecule has 6 nitrogen and oxygen atoms in total. The number of aliphatic imine (C=N–C) groups is 1. The lowest BCUT2D eigenvalue weighted by Crippen LogP contribution is -2.39. The second-order valence-corrected chi connectivity index (χ2v) is 6.95. The first-order valence-corrected chi connectivity index (χ1v) is 8.60. The predicted molar refractivity (Wildman–Crippen MR) is 115 cm³/mol. The summed E-state index contributed by atoms with van der Waals surface area (Å²) < 4.78 is 4.80. The Morgan fingerprint density at radius 2 is 1.88 bits per heavy atom. The molecule has 7 heteroatoms. The van der Waals surface area contributed by atoms with E-state index in [1.165, 1.54) is 11.8 Å². The third-order valence-corrected chi connectivity index (χ3v) is 3.86. The van der Waals surface area contributed by atoms with Gasteiger partial charge in [-0.2, -0.15) is 0 Å². The van der Waals surface area contributed by atoms with Gasteiger partial charge in [0.1, 0.15) is 12.0 Å². The van der Waals surface area contributed by atoms with Gasteiger partial charge in [0.15, 0.2) is 5.96 Å². The molecule has 0 saturated heterocycles. The van der Waals surface area contributed by atoms with Crippen LogP contribution in [-0.4, -0.2) is 29.3 Å². The number of hydrogen-bond donors (Lipinski definition) is 3. The molecule has 0 fully saturated rings. The van der Waals surface area contributed by atoms with Gasteiger partial charge in [0.25, 0.3) is 0 Å². The van der Waals surface area contributed by atoms with Crippen LogP contribution in [0.5, 0.6) is 0 Å². The summed E-state index contributed by atoms with van der Waals surface area (Å²) >= 11 is 0. The molecule has 0 saturated carbocycles. The number of hydrogen-bond acceptors (Lipinski definition) is 4. The van der Waals surface area contributed by atoms with Gasteiger partial charge in [0.05, 0.1) is 12.6 Å². The Hall–Kier alpha value is -1.61. The summed E-state index contributed by atoms with van der Waals surface area (Å²) in [6.45, 7) is 10.0. The van der Waals surface area contributed by atoms with Crippen molar-refractivity contribution < 1.29 is 9.63 Å². The van der Waals surface area contributed by atoms with Crippen LogP contribution in [0, 0.1) is 0 Å². The average molecular weight is 472 g/mol. The minimum Gasteiger partial charge on any atom is -0.387 e. The zero-order valence-corrected chi connectivity index (χ0v) is 18.2. The lowest BCUT2D eigenvalue weighted by atomic mass is 9.86. The standard InChI is InChI=1S/C19H28N4O2.HI/c1-5-20-18(21-12-16-10-11-25-23-16)22-13-17(24)14-6-8-15(9-7-14)19(2,3)4;/h6-11,17,24H,5,12-13H2,1-4H3,(H2,20,21,22);1H. The van der Waals surface area contributed by atoms with E-state index in [-0.39, 0.29) is 29.4 Å². The molecule has 2 rings (SSSR count). The van der Waals surface area contributed by atoms with Gasteiger partial charge in [-0.15, -0.1) is 24.0 Å². The van der Waals surface area contributed by atoms with Gasteiger partial charge in [-0.1, -0.05) is 50.2 Å². The van der Waals surface area contributed by atoms with E-state index in [1.807, 2.05) is 19.1 Å². The summed E-state index contributed by atoms with van der Waals surface area (Å²) in [6, 6.07) is 9.88. The van der Waals surface area contributed by atoms with Crippen molar-refractivity contribution in [2.24, 2.45) is 4.99 Å². The zero-order chi connectivity index (χ0) is 18.3. The molecule has 0 radical (unpaired) electrons. The van der Waals surface area contributed by atoms with Gasteiger partial charge in [-0.05, 0) is 23.5 Å².